The highest BCUT2D eigenvalue weighted by atomic mass is 32.2. The van der Waals surface area contributed by atoms with Gasteiger partial charge < -0.3 is 20.3 Å². The first-order valence-electron chi connectivity index (χ1n) is 9.68. The van der Waals surface area contributed by atoms with E-state index in [1.54, 1.807) is 12.3 Å². The van der Waals surface area contributed by atoms with Crippen molar-refractivity contribution in [3.63, 3.8) is 0 Å². The zero-order valence-corrected chi connectivity index (χ0v) is 17.9. The Labute approximate surface area is 179 Å². The van der Waals surface area contributed by atoms with Gasteiger partial charge in [-0.25, -0.2) is 13.4 Å². The van der Waals surface area contributed by atoms with E-state index in [1.165, 1.54) is 10.8 Å². The van der Waals surface area contributed by atoms with Gasteiger partial charge in [0.2, 0.25) is 0 Å². The molecule has 3 rings (SSSR count). The van der Waals surface area contributed by atoms with Crippen LogP contribution in [0.4, 0.5) is 0 Å². The molecular weight excluding hydrogens is 420 g/mol. The van der Waals surface area contributed by atoms with Gasteiger partial charge in [-0.2, -0.15) is 0 Å². The van der Waals surface area contributed by atoms with Crippen molar-refractivity contribution in [1.82, 2.24) is 20.2 Å². The van der Waals surface area contributed by atoms with Crippen LogP contribution in [0.25, 0.3) is 10.8 Å². The highest BCUT2D eigenvalue weighted by molar-refractivity contribution is 7.90. The molecule has 9 nitrogen and oxygen atoms in total. The fourth-order valence-corrected chi connectivity index (χ4v) is 3.56. The third kappa shape index (κ3) is 5.89. The molecule has 0 aliphatic rings. The minimum atomic E-state index is -3.04. The van der Waals surface area contributed by atoms with Crippen LogP contribution in [0.3, 0.4) is 0 Å². The van der Waals surface area contributed by atoms with Crippen LogP contribution in [0.5, 0.6) is 5.75 Å². The number of benzene rings is 1. The Bertz CT molecular complexity index is 1240. The summed E-state index contributed by atoms with van der Waals surface area (Å²) in [7, 11) is -3.04. The number of pyridine rings is 2. The van der Waals surface area contributed by atoms with Crippen LogP contribution < -0.4 is 16.2 Å². The number of nitrogens with zero attached hydrogens (tertiary/aromatic N) is 2. The molecule has 0 aliphatic heterocycles. The predicted molar refractivity (Wildman–Crippen MR) is 118 cm³/mol. The lowest BCUT2D eigenvalue weighted by atomic mass is 10.1. The van der Waals surface area contributed by atoms with E-state index in [4.69, 9.17) is 0 Å². The first kappa shape index (κ1) is 22.4. The molecule has 31 heavy (non-hydrogen) atoms. The second-order valence-corrected chi connectivity index (χ2v) is 9.41. The molecule has 0 fully saturated rings. The van der Waals surface area contributed by atoms with Crippen LogP contribution in [0.15, 0.2) is 53.6 Å². The minimum Gasteiger partial charge on any atom is -0.505 e. The molecule has 0 aliphatic carbocycles. The van der Waals surface area contributed by atoms with Crippen molar-refractivity contribution in [2.24, 2.45) is 0 Å². The standard InChI is InChI=1S/C21H24N4O5S/c1-31(29,30)12-10-22-8-9-23-20(27)18-19(26)16-7-11-25(21(28)17(16)13-24-18)14-15-5-3-2-4-6-15/h2-7,11,13,22,26H,8-10,12,14H2,1H3,(H,23,27). The molecule has 10 heteroatoms. The first-order valence-corrected chi connectivity index (χ1v) is 11.7. The van der Waals surface area contributed by atoms with Crippen molar-refractivity contribution in [2.45, 2.75) is 6.54 Å². The Hall–Kier alpha value is -3.24. The molecule has 3 aromatic rings. The van der Waals surface area contributed by atoms with Gasteiger partial charge in [0.1, 0.15) is 9.84 Å². The monoisotopic (exact) mass is 444 g/mol. The Balaban J connectivity index is 1.68. The number of amides is 1. The van der Waals surface area contributed by atoms with Gasteiger partial charge in [-0.05, 0) is 11.6 Å². The molecule has 0 atom stereocenters. The van der Waals surface area contributed by atoms with Crippen molar-refractivity contribution in [2.75, 3.05) is 31.6 Å². The van der Waals surface area contributed by atoms with Gasteiger partial charge in [0, 0.05) is 43.7 Å². The van der Waals surface area contributed by atoms with Crippen LogP contribution in [0, 0.1) is 0 Å². The van der Waals surface area contributed by atoms with Crippen molar-refractivity contribution in [3.8, 4) is 5.75 Å². The molecule has 0 saturated carbocycles. The molecular formula is C21H24N4O5S. The predicted octanol–water partition coefficient (Wildman–Crippen LogP) is 0.514. The molecule has 3 N–H and O–H groups in total. The molecule has 2 heterocycles. The number of hydrogen-bond acceptors (Lipinski definition) is 7. The average molecular weight is 445 g/mol. The molecule has 2 aromatic heterocycles. The zero-order chi connectivity index (χ0) is 22.4. The van der Waals surface area contributed by atoms with Crippen LogP contribution in [0.1, 0.15) is 16.1 Å². The maximum absolute atomic E-state index is 12.8. The lowest BCUT2D eigenvalue weighted by Crippen LogP contribution is -2.34. The summed E-state index contributed by atoms with van der Waals surface area (Å²) >= 11 is 0. The normalized spacial score (nSPS) is 11.5. The van der Waals surface area contributed by atoms with Gasteiger partial charge in [-0.3, -0.25) is 9.59 Å². The third-order valence-corrected chi connectivity index (χ3v) is 5.60. The summed E-state index contributed by atoms with van der Waals surface area (Å²) < 4.78 is 23.7. The number of carbonyl (C=O) groups excluding carboxylic acids is 1. The van der Waals surface area contributed by atoms with E-state index < -0.39 is 15.7 Å². The lowest BCUT2D eigenvalue weighted by Gasteiger charge is -2.11. The number of sulfone groups is 1. The Kier molecular flexibility index (Phi) is 7.03. The summed E-state index contributed by atoms with van der Waals surface area (Å²) in [5, 5.41) is 16.5. The highest BCUT2D eigenvalue weighted by Crippen LogP contribution is 2.24. The Morgan fingerprint density at radius 3 is 2.55 bits per heavy atom. The van der Waals surface area contributed by atoms with E-state index in [0.717, 1.165) is 11.8 Å². The van der Waals surface area contributed by atoms with Gasteiger partial charge in [-0.15, -0.1) is 0 Å². The maximum atomic E-state index is 12.8. The second kappa shape index (κ2) is 9.71. The lowest BCUT2D eigenvalue weighted by molar-refractivity contribution is 0.0946. The van der Waals surface area contributed by atoms with E-state index in [0.29, 0.717) is 13.1 Å². The van der Waals surface area contributed by atoms with Gasteiger partial charge in [-0.1, -0.05) is 30.3 Å². The topological polar surface area (TPSA) is 130 Å². The number of aromatic hydroxyl groups is 1. The quantitative estimate of drug-likeness (QED) is 0.410. The Morgan fingerprint density at radius 1 is 1.10 bits per heavy atom. The SMILES string of the molecule is CS(=O)(=O)CCNCCNC(=O)c1ncc2c(=O)n(Cc3ccccc3)ccc2c1O. The van der Waals surface area contributed by atoms with Crippen molar-refractivity contribution >= 4 is 26.5 Å². The summed E-state index contributed by atoms with van der Waals surface area (Å²) in [6.07, 6.45) is 4.02. The number of hydrogen-bond donors (Lipinski definition) is 3. The van der Waals surface area contributed by atoms with Gasteiger partial charge in [0.25, 0.3) is 11.5 Å². The summed E-state index contributed by atoms with van der Waals surface area (Å²) in [5.41, 5.74) is 0.470. The highest BCUT2D eigenvalue weighted by Gasteiger charge is 2.17. The largest absolute Gasteiger partial charge is 0.505 e. The fourth-order valence-electron chi connectivity index (χ4n) is 3.04. The number of nitrogens with one attached hydrogen (secondary N) is 2. The van der Waals surface area contributed by atoms with Crippen LogP contribution in [-0.2, 0) is 16.4 Å². The smallest absolute Gasteiger partial charge is 0.273 e. The van der Waals surface area contributed by atoms with E-state index in [9.17, 15) is 23.1 Å². The summed E-state index contributed by atoms with van der Waals surface area (Å²) in [6, 6.07) is 11.1. The van der Waals surface area contributed by atoms with Gasteiger partial charge >= 0.3 is 0 Å². The number of carbonyl (C=O) groups is 1. The number of aromatic nitrogens is 2. The van der Waals surface area contributed by atoms with Crippen LogP contribution in [-0.4, -0.2) is 60.6 Å². The molecule has 1 aromatic carbocycles. The fraction of sp³-hybridized carbons (Fsp3) is 0.286. The van der Waals surface area contributed by atoms with Gasteiger partial charge in [0.05, 0.1) is 17.7 Å². The molecule has 0 bridgehead atoms. The first-order chi connectivity index (χ1) is 14.8. The summed E-state index contributed by atoms with van der Waals surface area (Å²) in [4.78, 5) is 29.1. The van der Waals surface area contributed by atoms with E-state index in [-0.39, 0.29) is 46.6 Å². The summed E-state index contributed by atoms with van der Waals surface area (Å²) in [6.45, 7) is 1.24. The van der Waals surface area contributed by atoms with Crippen molar-refractivity contribution in [1.29, 1.82) is 0 Å². The summed E-state index contributed by atoms with van der Waals surface area (Å²) in [5.74, 6) is -0.933. The Morgan fingerprint density at radius 2 is 1.84 bits per heavy atom. The third-order valence-electron chi connectivity index (χ3n) is 4.65. The van der Waals surface area contributed by atoms with Crippen LogP contribution >= 0.6 is 0 Å². The van der Waals surface area contributed by atoms with E-state index in [2.05, 4.69) is 15.6 Å². The minimum absolute atomic E-state index is 0.00969. The van der Waals surface area contributed by atoms with Crippen molar-refractivity contribution in [3.05, 3.63) is 70.4 Å². The van der Waals surface area contributed by atoms with Crippen molar-refractivity contribution < 1.29 is 18.3 Å². The van der Waals surface area contributed by atoms with E-state index >= 15 is 0 Å². The number of fused-ring (bicyclic) bond motifs is 1. The molecule has 0 spiro atoms. The van der Waals surface area contributed by atoms with E-state index in [1.807, 2.05) is 30.3 Å². The molecule has 1 amide bonds. The number of rotatable bonds is 9. The molecule has 164 valence electrons. The molecule has 0 saturated heterocycles. The molecule has 0 unspecified atom stereocenters. The van der Waals surface area contributed by atoms with Crippen LogP contribution in [0.2, 0.25) is 0 Å². The zero-order valence-electron chi connectivity index (χ0n) is 17.0. The molecule has 0 radical (unpaired) electrons. The van der Waals surface area contributed by atoms with Gasteiger partial charge in [0.15, 0.2) is 11.4 Å². The average Bonchev–Trinajstić information content (AvgIpc) is 2.73. The second-order valence-electron chi connectivity index (χ2n) is 7.15. The maximum Gasteiger partial charge on any atom is 0.273 e.